The summed E-state index contributed by atoms with van der Waals surface area (Å²) >= 11 is 0. The Morgan fingerprint density at radius 3 is 2.14 bits per heavy atom. The molecule has 3 aromatic carbocycles. The topological polar surface area (TPSA) is 73.2 Å². The summed E-state index contributed by atoms with van der Waals surface area (Å²) in [4.78, 5) is 27.0. The molecule has 138 valence electrons. The van der Waals surface area contributed by atoms with E-state index in [2.05, 4.69) is 5.32 Å². The molecule has 0 atom stereocenters. The Balaban J connectivity index is 1.76. The minimum absolute atomic E-state index is 0.129. The van der Waals surface area contributed by atoms with E-state index >= 15 is 0 Å². The Hall–Kier alpha value is -3.91. The van der Waals surface area contributed by atoms with Gasteiger partial charge in [-0.05, 0) is 55.5 Å². The molecule has 5 nitrogen and oxygen atoms in total. The number of anilines is 2. The molecule has 0 aliphatic heterocycles. The Kier molecular flexibility index (Phi) is 5.83. The zero-order chi connectivity index (χ0) is 19.9. The Bertz CT molecular complexity index is 1020. The standard InChI is InChI=1S/C23H19N3O2/c1-2-26(20-9-4-3-5-10-20)23(28)18-14-12-17(13-15-18)22(27)25-21-11-7-6-8-19(21)16-24/h3-15H,2H2,1H3,(H,25,27). The average Bonchev–Trinajstić information content (AvgIpc) is 2.75. The maximum atomic E-state index is 12.8. The smallest absolute Gasteiger partial charge is 0.258 e. The number of hydrogen-bond acceptors (Lipinski definition) is 3. The second-order valence-electron chi connectivity index (χ2n) is 6.07. The predicted molar refractivity (Wildman–Crippen MR) is 109 cm³/mol. The third kappa shape index (κ3) is 4.08. The zero-order valence-electron chi connectivity index (χ0n) is 15.4. The van der Waals surface area contributed by atoms with E-state index in [-0.39, 0.29) is 11.8 Å². The van der Waals surface area contributed by atoms with E-state index in [1.807, 2.05) is 43.3 Å². The molecule has 2 amide bonds. The number of rotatable bonds is 5. The highest BCUT2D eigenvalue weighted by atomic mass is 16.2. The Morgan fingerprint density at radius 2 is 1.50 bits per heavy atom. The van der Waals surface area contributed by atoms with Gasteiger partial charge in [-0.1, -0.05) is 30.3 Å². The third-order valence-corrected chi connectivity index (χ3v) is 4.32. The lowest BCUT2D eigenvalue weighted by atomic mass is 10.1. The van der Waals surface area contributed by atoms with Gasteiger partial charge in [0.05, 0.1) is 11.3 Å². The van der Waals surface area contributed by atoms with Gasteiger partial charge >= 0.3 is 0 Å². The van der Waals surface area contributed by atoms with Crippen molar-refractivity contribution in [3.63, 3.8) is 0 Å². The second kappa shape index (κ2) is 8.65. The molecule has 0 aromatic heterocycles. The molecule has 0 bridgehead atoms. The summed E-state index contributed by atoms with van der Waals surface area (Å²) in [5.41, 5.74) is 2.58. The van der Waals surface area contributed by atoms with Gasteiger partial charge in [-0.25, -0.2) is 0 Å². The lowest BCUT2D eigenvalue weighted by Gasteiger charge is -2.21. The second-order valence-corrected chi connectivity index (χ2v) is 6.07. The first-order valence-electron chi connectivity index (χ1n) is 8.91. The zero-order valence-corrected chi connectivity index (χ0v) is 15.4. The number of nitrogens with one attached hydrogen (secondary N) is 1. The van der Waals surface area contributed by atoms with Crippen molar-refractivity contribution in [1.82, 2.24) is 0 Å². The highest BCUT2D eigenvalue weighted by Crippen LogP contribution is 2.18. The van der Waals surface area contributed by atoms with Crippen molar-refractivity contribution in [2.75, 3.05) is 16.8 Å². The van der Waals surface area contributed by atoms with Gasteiger partial charge in [-0.3, -0.25) is 9.59 Å². The molecule has 3 rings (SSSR count). The molecule has 0 fully saturated rings. The third-order valence-electron chi connectivity index (χ3n) is 4.32. The first kappa shape index (κ1) is 18.9. The summed E-state index contributed by atoms with van der Waals surface area (Å²) in [5.74, 6) is -0.465. The molecule has 0 heterocycles. The highest BCUT2D eigenvalue weighted by molar-refractivity contribution is 6.08. The minimum atomic E-state index is -0.336. The van der Waals surface area contributed by atoms with Crippen LogP contribution in [0.15, 0.2) is 78.9 Å². The molecule has 0 aliphatic carbocycles. The Labute approximate surface area is 163 Å². The van der Waals surface area contributed by atoms with Gasteiger partial charge in [-0.15, -0.1) is 0 Å². The van der Waals surface area contributed by atoms with Crippen molar-refractivity contribution in [2.45, 2.75) is 6.92 Å². The molecule has 0 aliphatic rings. The quantitative estimate of drug-likeness (QED) is 0.721. The number of carbonyl (C=O) groups excluding carboxylic acids is 2. The van der Waals surface area contributed by atoms with Crippen LogP contribution in [0.25, 0.3) is 0 Å². The monoisotopic (exact) mass is 369 g/mol. The van der Waals surface area contributed by atoms with Crippen LogP contribution in [0, 0.1) is 11.3 Å². The molecule has 0 spiro atoms. The fraction of sp³-hybridized carbons (Fsp3) is 0.0870. The summed E-state index contributed by atoms with van der Waals surface area (Å²) in [6, 6.07) is 24.8. The van der Waals surface area contributed by atoms with E-state index in [1.165, 1.54) is 0 Å². The van der Waals surface area contributed by atoms with Crippen molar-refractivity contribution < 1.29 is 9.59 Å². The summed E-state index contributed by atoms with van der Waals surface area (Å²) < 4.78 is 0. The Morgan fingerprint density at radius 1 is 0.893 bits per heavy atom. The van der Waals surface area contributed by atoms with Crippen molar-refractivity contribution >= 4 is 23.2 Å². The molecule has 0 saturated heterocycles. The van der Waals surface area contributed by atoms with E-state index in [0.717, 1.165) is 5.69 Å². The normalized spacial score (nSPS) is 10.0. The molecule has 0 unspecified atom stereocenters. The highest BCUT2D eigenvalue weighted by Gasteiger charge is 2.16. The summed E-state index contributed by atoms with van der Waals surface area (Å²) in [7, 11) is 0. The molecule has 0 saturated carbocycles. The van der Waals surface area contributed by atoms with Crippen molar-refractivity contribution in [3.8, 4) is 6.07 Å². The molecular weight excluding hydrogens is 350 g/mol. The van der Waals surface area contributed by atoms with E-state index in [0.29, 0.717) is 28.9 Å². The lowest BCUT2D eigenvalue weighted by Crippen LogP contribution is -2.30. The number of hydrogen-bond donors (Lipinski definition) is 1. The van der Waals surface area contributed by atoms with Gasteiger partial charge in [-0.2, -0.15) is 5.26 Å². The number of carbonyl (C=O) groups is 2. The average molecular weight is 369 g/mol. The van der Waals surface area contributed by atoms with Gasteiger partial charge in [0.2, 0.25) is 0 Å². The lowest BCUT2D eigenvalue weighted by molar-refractivity contribution is 0.0985. The van der Waals surface area contributed by atoms with Crippen LogP contribution in [0.5, 0.6) is 0 Å². The molecule has 28 heavy (non-hydrogen) atoms. The number of nitrogens with zero attached hydrogens (tertiary/aromatic N) is 2. The fourth-order valence-electron chi connectivity index (χ4n) is 2.86. The van der Waals surface area contributed by atoms with Gasteiger partial charge in [0.1, 0.15) is 6.07 Å². The number of nitriles is 1. The maximum Gasteiger partial charge on any atom is 0.258 e. The van der Waals surface area contributed by atoms with E-state index < -0.39 is 0 Å². The summed E-state index contributed by atoms with van der Waals surface area (Å²) in [5, 5.41) is 11.9. The molecule has 1 N–H and O–H groups in total. The van der Waals surface area contributed by atoms with Crippen LogP contribution in [0.1, 0.15) is 33.2 Å². The van der Waals surface area contributed by atoms with Gasteiger partial charge in [0.25, 0.3) is 11.8 Å². The number of benzene rings is 3. The molecule has 5 heteroatoms. The van der Waals surface area contributed by atoms with E-state index in [1.54, 1.807) is 53.4 Å². The molecule has 0 radical (unpaired) electrons. The van der Waals surface area contributed by atoms with Crippen LogP contribution in [0.3, 0.4) is 0 Å². The van der Waals surface area contributed by atoms with Crippen molar-refractivity contribution in [2.24, 2.45) is 0 Å². The van der Waals surface area contributed by atoms with E-state index in [9.17, 15) is 9.59 Å². The van der Waals surface area contributed by atoms with Crippen LogP contribution in [0.4, 0.5) is 11.4 Å². The van der Waals surface area contributed by atoms with Crippen LogP contribution < -0.4 is 10.2 Å². The summed E-state index contributed by atoms with van der Waals surface area (Å²) in [6.07, 6.45) is 0. The van der Waals surface area contributed by atoms with Crippen LogP contribution in [0.2, 0.25) is 0 Å². The SMILES string of the molecule is CCN(C(=O)c1ccc(C(=O)Nc2ccccc2C#N)cc1)c1ccccc1. The van der Waals surface area contributed by atoms with Crippen LogP contribution in [-0.2, 0) is 0 Å². The number of amides is 2. The van der Waals surface area contributed by atoms with Gasteiger partial charge < -0.3 is 10.2 Å². The van der Waals surface area contributed by atoms with E-state index in [4.69, 9.17) is 5.26 Å². The van der Waals surface area contributed by atoms with Crippen LogP contribution in [-0.4, -0.2) is 18.4 Å². The van der Waals surface area contributed by atoms with Crippen molar-refractivity contribution in [3.05, 3.63) is 95.6 Å². The minimum Gasteiger partial charge on any atom is -0.321 e. The van der Waals surface area contributed by atoms with Gasteiger partial charge in [0, 0.05) is 23.4 Å². The first-order chi connectivity index (χ1) is 13.6. The number of para-hydroxylation sites is 2. The van der Waals surface area contributed by atoms with Crippen molar-refractivity contribution in [1.29, 1.82) is 5.26 Å². The first-order valence-corrected chi connectivity index (χ1v) is 8.91. The summed E-state index contributed by atoms with van der Waals surface area (Å²) in [6.45, 7) is 2.45. The predicted octanol–water partition coefficient (Wildman–Crippen LogP) is 4.48. The molecular formula is C23H19N3O2. The maximum absolute atomic E-state index is 12.8. The van der Waals surface area contributed by atoms with Gasteiger partial charge in [0.15, 0.2) is 0 Å². The largest absolute Gasteiger partial charge is 0.321 e. The molecule has 3 aromatic rings. The fourth-order valence-corrected chi connectivity index (χ4v) is 2.86. The van der Waals surface area contributed by atoms with Crippen LogP contribution >= 0.6 is 0 Å².